The Morgan fingerprint density at radius 2 is 1.77 bits per heavy atom. The van der Waals surface area contributed by atoms with E-state index in [1.807, 2.05) is 30.3 Å². The van der Waals surface area contributed by atoms with Gasteiger partial charge in [-0.3, -0.25) is 9.17 Å². The molecule has 1 aromatic heterocycles. The molecule has 0 amide bonds. The largest absolute Gasteiger partial charge is 0.486 e. The summed E-state index contributed by atoms with van der Waals surface area (Å²) < 4.78 is 9.07. The molecule has 0 radical (unpaired) electrons. The van der Waals surface area contributed by atoms with Crippen molar-refractivity contribution in [2.75, 3.05) is 0 Å². The van der Waals surface area contributed by atoms with Gasteiger partial charge in [-0.05, 0) is 70.5 Å². The topological polar surface area (TPSA) is 42.1 Å². The van der Waals surface area contributed by atoms with E-state index in [4.69, 9.17) is 4.74 Å². The first-order valence-electron chi connectivity index (χ1n) is 10.0. The molecule has 0 spiro atoms. The van der Waals surface area contributed by atoms with Crippen molar-refractivity contribution < 1.29 is 4.74 Å². The number of hydrogen-bond acceptors (Lipinski definition) is 3. The third kappa shape index (κ3) is 3.51. The van der Waals surface area contributed by atoms with Crippen molar-refractivity contribution in [2.24, 2.45) is 0 Å². The molecule has 4 aromatic rings. The molecule has 3 nitrogen and oxygen atoms in total. The molecule has 3 aromatic carbocycles. The van der Waals surface area contributed by atoms with E-state index in [1.54, 1.807) is 6.07 Å². The summed E-state index contributed by atoms with van der Waals surface area (Å²) in [6.45, 7) is 3.83. The van der Waals surface area contributed by atoms with Crippen molar-refractivity contribution in [1.29, 1.82) is 0 Å². The lowest BCUT2D eigenvalue weighted by Gasteiger charge is -2.16. The average Bonchev–Trinajstić information content (AvgIpc) is 3.41. The Bertz CT molecular complexity index is 1250. The van der Waals surface area contributed by atoms with Crippen molar-refractivity contribution in [1.82, 2.24) is 4.37 Å². The van der Waals surface area contributed by atoms with Gasteiger partial charge in [0.15, 0.2) is 0 Å². The van der Waals surface area contributed by atoms with Crippen LogP contribution in [0.15, 0.2) is 84.2 Å². The van der Waals surface area contributed by atoms with Gasteiger partial charge in [-0.15, -0.1) is 0 Å². The van der Waals surface area contributed by atoms with Gasteiger partial charge >= 0.3 is 0 Å². The van der Waals surface area contributed by atoms with E-state index in [0.717, 1.165) is 34.6 Å². The minimum atomic E-state index is -0.0622. The zero-order chi connectivity index (χ0) is 20.5. The smallest absolute Gasteiger partial charge is 0.258 e. The van der Waals surface area contributed by atoms with Crippen LogP contribution in [0.4, 0.5) is 0 Å². The van der Waals surface area contributed by atoms with Crippen LogP contribution < -0.4 is 10.3 Å². The van der Waals surface area contributed by atoms with Crippen molar-refractivity contribution in [3.05, 3.63) is 106 Å². The summed E-state index contributed by atoms with van der Waals surface area (Å²) >= 11 is 1.35. The van der Waals surface area contributed by atoms with Crippen LogP contribution in [0.2, 0.25) is 0 Å². The second-order valence-corrected chi connectivity index (χ2v) is 8.29. The van der Waals surface area contributed by atoms with Crippen molar-refractivity contribution in [2.45, 2.75) is 18.9 Å². The van der Waals surface area contributed by atoms with Crippen LogP contribution in [-0.4, -0.2) is 4.37 Å². The minimum absolute atomic E-state index is 0.0570. The third-order valence-corrected chi connectivity index (χ3v) is 6.49. The number of ether oxygens (including phenoxy) is 1. The van der Waals surface area contributed by atoms with Crippen molar-refractivity contribution in [3.63, 3.8) is 0 Å². The summed E-state index contributed by atoms with van der Waals surface area (Å²) in [5, 5.41) is 0. The standard InChI is InChI=1S/C26H21NO2S/c1-2-17-6-8-18(9-7-17)21-4-3-5-23-22(21)14-15-24(23)29-20-12-10-19(11-13-20)25-16-26(28)27-30-25/h2-13,16,24H,1,14-15H2,(H,27,28)/t24-/m1/s1. The molecule has 1 aliphatic carbocycles. The molecule has 1 atom stereocenters. The molecule has 5 rings (SSSR count). The first-order valence-corrected chi connectivity index (χ1v) is 10.8. The van der Waals surface area contributed by atoms with Gasteiger partial charge in [0, 0.05) is 6.07 Å². The van der Waals surface area contributed by atoms with Crippen LogP contribution in [0.1, 0.15) is 29.2 Å². The molecule has 30 heavy (non-hydrogen) atoms. The molecule has 1 N–H and O–H groups in total. The van der Waals surface area contributed by atoms with E-state index in [1.165, 1.54) is 33.8 Å². The number of benzene rings is 3. The SMILES string of the molecule is C=Cc1ccc(-c2cccc3c2CC[C@H]3Oc2ccc(-c3cc(=O)[nH]s3)cc2)cc1. The van der Waals surface area contributed by atoms with E-state index in [2.05, 4.69) is 53.4 Å². The van der Waals surface area contributed by atoms with E-state index < -0.39 is 0 Å². The second-order valence-electron chi connectivity index (χ2n) is 7.45. The van der Waals surface area contributed by atoms with Crippen LogP contribution in [0.5, 0.6) is 5.75 Å². The second kappa shape index (κ2) is 7.81. The number of fused-ring (bicyclic) bond motifs is 1. The molecule has 148 valence electrons. The highest BCUT2D eigenvalue weighted by Gasteiger charge is 2.26. The molecule has 0 unspecified atom stereocenters. The van der Waals surface area contributed by atoms with Gasteiger partial charge in [-0.2, -0.15) is 0 Å². The normalized spacial score (nSPS) is 15.0. The minimum Gasteiger partial charge on any atom is -0.486 e. The fraction of sp³-hybridized carbons (Fsp3) is 0.115. The van der Waals surface area contributed by atoms with Gasteiger partial charge in [0.05, 0.1) is 4.88 Å². The summed E-state index contributed by atoms with van der Waals surface area (Å²) in [4.78, 5) is 12.3. The molecule has 4 heteroatoms. The zero-order valence-electron chi connectivity index (χ0n) is 16.4. The van der Waals surface area contributed by atoms with Gasteiger partial charge in [0.25, 0.3) is 5.56 Å². The van der Waals surface area contributed by atoms with Crippen LogP contribution in [0, 0.1) is 0 Å². The summed E-state index contributed by atoms with van der Waals surface area (Å²) in [5.74, 6) is 0.847. The summed E-state index contributed by atoms with van der Waals surface area (Å²) in [7, 11) is 0. The van der Waals surface area contributed by atoms with Crippen molar-refractivity contribution >= 4 is 17.6 Å². The van der Waals surface area contributed by atoms with E-state index in [9.17, 15) is 4.79 Å². The van der Waals surface area contributed by atoms with Gasteiger partial charge in [-0.25, -0.2) is 0 Å². The maximum atomic E-state index is 11.4. The average molecular weight is 412 g/mol. The fourth-order valence-corrected chi connectivity index (χ4v) is 4.78. The first-order chi connectivity index (χ1) is 14.7. The lowest BCUT2D eigenvalue weighted by molar-refractivity contribution is 0.207. The lowest BCUT2D eigenvalue weighted by Crippen LogP contribution is -2.03. The predicted molar refractivity (Wildman–Crippen MR) is 124 cm³/mol. The Kier molecular flexibility index (Phi) is 4.85. The highest BCUT2D eigenvalue weighted by molar-refractivity contribution is 7.09. The van der Waals surface area contributed by atoms with Crippen LogP contribution in [0.25, 0.3) is 27.6 Å². The molecular formula is C26H21NO2S. The Morgan fingerprint density at radius 1 is 1.00 bits per heavy atom. The number of H-pyrrole nitrogens is 1. The van der Waals surface area contributed by atoms with Gasteiger partial charge in [0.1, 0.15) is 11.9 Å². The summed E-state index contributed by atoms with van der Waals surface area (Å²) in [6, 6.07) is 24.6. The van der Waals surface area contributed by atoms with E-state index in [-0.39, 0.29) is 11.7 Å². The quantitative estimate of drug-likeness (QED) is 0.408. The lowest BCUT2D eigenvalue weighted by atomic mass is 9.96. The summed E-state index contributed by atoms with van der Waals surface area (Å²) in [6.07, 6.45) is 3.90. The molecule has 1 heterocycles. The number of aromatic nitrogens is 1. The Morgan fingerprint density at radius 3 is 2.47 bits per heavy atom. The molecule has 0 bridgehead atoms. The monoisotopic (exact) mass is 411 g/mol. The number of nitrogens with one attached hydrogen (secondary N) is 1. The number of hydrogen-bond donors (Lipinski definition) is 1. The van der Waals surface area contributed by atoms with Crippen LogP contribution >= 0.6 is 11.5 Å². The summed E-state index contributed by atoms with van der Waals surface area (Å²) in [5.41, 5.74) is 7.24. The highest BCUT2D eigenvalue weighted by atomic mass is 32.1. The first kappa shape index (κ1) is 18.6. The van der Waals surface area contributed by atoms with Gasteiger partial charge < -0.3 is 4.74 Å². The maximum absolute atomic E-state index is 11.4. The number of rotatable bonds is 5. The molecule has 0 saturated heterocycles. The maximum Gasteiger partial charge on any atom is 0.258 e. The Balaban J connectivity index is 1.38. The Hall–Kier alpha value is -3.37. The molecular weight excluding hydrogens is 390 g/mol. The van der Waals surface area contributed by atoms with E-state index in [0.29, 0.717) is 0 Å². The third-order valence-electron chi connectivity index (χ3n) is 5.61. The molecule has 0 saturated carbocycles. The molecule has 1 aliphatic rings. The van der Waals surface area contributed by atoms with Crippen molar-refractivity contribution in [3.8, 4) is 27.3 Å². The van der Waals surface area contributed by atoms with Gasteiger partial charge in [-0.1, -0.05) is 66.7 Å². The molecule has 0 aliphatic heterocycles. The Labute approximate surface area is 179 Å². The molecule has 0 fully saturated rings. The van der Waals surface area contributed by atoms with E-state index >= 15 is 0 Å². The van der Waals surface area contributed by atoms with Gasteiger partial charge in [0.2, 0.25) is 0 Å². The fourth-order valence-electron chi connectivity index (χ4n) is 4.10. The number of aromatic amines is 1. The van der Waals surface area contributed by atoms with Crippen LogP contribution in [-0.2, 0) is 6.42 Å². The van der Waals surface area contributed by atoms with Crippen LogP contribution in [0.3, 0.4) is 0 Å². The highest BCUT2D eigenvalue weighted by Crippen LogP contribution is 2.40. The zero-order valence-corrected chi connectivity index (χ0v) is 17.2. The predicted octanol–water partition coefficient (Wildman–Crippen LogP) is 6.48.